The summed E-state index contributed by atoms with van der Waals surface area (Å²) >= 11 is 12.3. The predicted octanol–water partition coefficient (Wildman–Crippen LogP) is 4.48. The Morgan fingerprint density at radius 2 is 1.52 bits per heavy atom. The Bertz CT molecular complexity index is 958. The minimum atomic E-state index is 0.237. The third-order valence-corrected chi connectivity index (χ3v) is 4.02. The second-order valence-corrected chi connectivity index (χ2v) is 5.36. The van der Waals surface area contributed by atoms with Crippen LogP contribution in [0.25, 0.3) is 32.9 Å². The first-order chi connectivity index (χ1) is 10.3. The molecular formula is C15H8Cl2N4. The fourth-order valence-electron chi connectivity index (χ4n) is 2.59. The number of rotatable bonds is 1. The van der Waals surface area contributed by atoms with Gasteiger partial charge < -0.3 is 4.98 Å². The van der Waals surface area contributed by atoms with Gasteiger partial charge in [-0.1, -0.05) is 59.6 Å². The molecule has 0 aliphatic heterocycles. The number of benzene rings is 2. The molecule has 0 bridgehead atoms. The molecule has 102 valence electrons. The molecule has 0 spiro atoms. The number of hydrogen-bond donors (Lipinski definition) is 1. The van der Waals surface area contributed by atoms with Crippen molar-refractivity contribution in [2.45, 2.75) is 0 Å². The average molecular weight is 315 g/mol. The smallest absolute Gasteiger partial charge is 0.164 e. The highest BCUT2D eigenvalue weighted by molar-refractivity contribution is 6.38. The Hall–Kier alpha value is -2.17. The number of para-hydroxylation sites is 2. The minimum Gasteiger partial charge on any atom is -0.354 e. The van der Waals surface area contributed by atoms with Gasteiger partial charge in [0.25, 0.3) is 0 Å². The molecule has 0 amide bonds. The molecule has 0 fully saturated rings. The number of aromatic amines is 1. The molecule has 0 aliphatic carbocycles. The average Bonchev–Trinajstić information content (AvgIpc) is 2.87. The van der Waals surface area contributed by atoms with E-state index in [1.807, 2.05) is 30.3 Å². The lowest BCUT2D eigenvalue weighted by Crippen LogP contribution is -1.93. The van der Waals surface area contributed by atoms with E-state index in [0.717, 1.165) is 27.4 Å². The van der Waals surface area contributed by atoms with Crippen molar-refractivity contribution in [1.29, 1.82) is 0 Å². The SMILES string of the molecule is Clc1nnnc(Cl)c1-c1cccc2c1[nH]c1ccccc12. The first-order valence-corrected chi connectivity index (χ1v) is 7.05. The molecule has 0 saturated carbocycles. The van der Waals surface area contributed by atoms with Gasteiger partial charge in [0.2, 0.25) is 0 Å². The molecule has 4 nitrogen and oxygen atoms in total. The van der Waals surface area contributed by atoms with Gasteiger partial charge in [-0.3, -0.25) is 0 Å². The van der Waals surface area contributed by atoms with E-state index in [1.54, 1.807) is 0 Å². The molecular weight excluding hydrogens is 307 g/mol. The summed E-state index contributed by atoms with van der Waals surface area (Å²) < 4.78 is 0. The number of nitrogens with one attached hydrogen (secondary N) is 1. The van der Waals surface area contributed by atoms with E-state index < -0.39 is 0 Å². The van der Waals surface area contributed by atoms with Gasteiger partial charge in [0.15, 0.2) is 10.3 Å². The Morgan fingerprint density at radius 1 is 0.810 bits per heavy atom. The number of fused-ring (bicyclic) bond motifs is 3. The van der Waals surface area contributed by atoms with Gasteiger partial charge in [-0.05, 0) is 11.3 Å². The molecule has 2 aromatic heterocycles. The number of H-pyrrole nitrogens is 1. The van der Waals surface area contributed by atoms with E-state index in [2.05, 4.69) is 32.5 Å². The third kappa shape index (κ3) is 1.87. The van der Waals surface area contributed by atoms with Gasteiger partial charge in [-0.2, -0.15) is 0 Å². The van der Waals surface area contributed by atoms with E-state index in [0.29, 0.717) is 5.56 Å². The normalized spacial score (nSPS) is 11.3. The quantitative estimate of drug-likeness (QED) is 0.563. The highest BCUT2D eigenvalue weighted by Crippen LogP contribution is 2.37. The number of halogens is 2. The maximum atomic E-state index is 6.15. The highest BCUT2D eigenvalue weighted by Gasteiger charge is 2.16. The molecule has 21 heavy (non-hydrogen) atoms. The molecule has 0 aliphatic rings. The van der Waals surface area contributed by atoms with Crippen molar-refractivity contribution in [3.8, 4) is 11.1 Å². The van der Waals surface area contributed by atoms with Crippen LogP contribution in [0, 0.1) is 0 Å². The zero-order valence-electron chi connectivity index (χ0n) is 10.6. The zero-order valence-corrected chi connectivity index (χ0v) is 12.2. The molecule has 1 N–H and O–H groups in total. The van der Waals surface area contributed by atoms with Crippen molar-refractivity contribution in [3.63, 3.8) is 0 Å². The van der Waals surface area contributed by atoms with Crippen LogP contribution < -0.4 is 0 Å². The van der Waals surface area contributed by atoms with Crippen LogP contribution in [0.4, 0.5) is 0 Å². The maximum absolute atomic E-state index is 6.15. The van der Waals surface area contributed by atoms with E-state index in [-0.39, 0.29) is 10.3 Å². The van der Waals surface area contributed by atoms with Crippen LogP contribution in [0.1, 0.15) is 0 Å². The predicted molar refractivity (Wildman–Crippen MR) is 84.6 cm³/mol. The Balaban J connectivity index is 2.15. The van der Waals surface area contributed by atoms with Gasteiger partial charge >= 0.3 is 0 Å². The Kier molecular flexibility index (Phi) is 2.80. The van der Waals surface area contributed by atoms with Crippen LogP contribution in [0.2, 0.25) is 10.3 Å². The summed E-state index contributed by atoms with van der Waals surface area (Å²) in [6.45, 7) is 0. The number of nitrogens with zero attached hydrogens (tertiary/aromatic N) is 3. The molecule has 0 radical (unpaired) electrons. The van der Waals surface area contributed by atoms with Crippen molar-refractivity contribution < 1.29 is 0 Å². The van der Waals surface area contributed by atoms with E-state index >= 15 is 0 Å². The summed E-state index contributed by atoms with van der Waals surface area (Å²) in [5, 5.41) is 13.8. The Morgan fingerprint density at radius 3 is 2.33 bits per heavy atom. The maximum Gasteiger partial charge on any atom is 0.164 e. The lowest BCUT2D eigenvalue weighted by molar-refractivity contribution is 0.868. The van der Waals surface area contributed by atoms with Crippen LogP contribution in [-0.2, 0) is 0 Å². The minimum absolute atomic E-state index is 0.237. The van der Waals surface area contributed by atoms with Crippen molar-refractivity contribution >= 4 is 45.0 Å². The van der Waals surface area contributed by atoms with E-state index in [9.17, 15) is 0 Å². The van der Waals surface area contributed by atoms with Crippen molar-refractivity contribution in [2.75, 3.05) is 0 Å². The molecule has 6 heteroatoms. The van der Waals surface area contributed by atoms with E-state index in [4.69, 9.17) is 23.2 Å². The van der Waals surface area contributed by atoms with Crippen LogP contribution in [-0.4, -0.2) is 20.4 Å². The van der Waals surface area contributed by atoms with Gasteiger partial charge in [0.1, 0.15) is 0 Å². The number of aromatic nitrogens is 4. The molecule has 2 aromatic carbocycles. The zero-order chi connectivity index (χ0) is 14.4. The summed E-state index contributed by atoms with van der Waals surface area (Å²) in [5.74, 6) is 0. The summed E-state index contributed by atoms with van der Waals surface area (Å²) in [4.78, 5) is 3.41. The molecule has 2 heterocycles. The highest BCUT2D eigenvalue weighted by atomic mass is 35.5. The molecule has 4 aromatic rings. The van der Waals surface area contributed by atoms with Gasteiger partial charge in [-0.15, -0.1) is 10.2 Å². The second-order valence-electron chi connectivity index (χ2n) is 4.64. The topological polar surface area (TPSA) is 54.5 Å². The summed E-state index contributed by atoms with van der Waals surface area (Å²) in [5.41, 5.74) is 3.46. The monoisotopic (exact) mass is 314 g/mol. The molecule has 0 atom stereocenters. The largest absolute Gasteiger partial charge is 0.354 e. The van der Waals surface area contributed by atoms with Gasteiger partial charge in [0, 0.05) is 21.9 Å². The lowest BCUT2D eigenvalue weighted by Gasteiger charge is -2.05. The first kappa shape index (κ1) is 12.6. The van der Waals surface area contributed by atoms with Crippen molar-refractivity contribution in [1.82, 2.24) is 20.4 Å². The lowest BCUT2D eigenvalue weighted by atomic mass is 10.0. The number of hydrogen-bond acceptors (Lipinski definition) is 3. The molecule has 0 saturated heterocycles. The fraction of sp³-hybridized carbons (Fsp3) is 0. The van der Waals surface area contributed by atoms with Crippen LogP contribution >= 0.6 is 23.2 Å². The first-order valence-electron chi connectivity index (χ1n) is 6.30. The summed E-state index contributed by atoms with van der Waals surface area (Å²) in [7, 11) is 0. The third-order valence-electron chi connectivity index (χ3n) is 3.49. The summed E-state index contributed by atoms with van der Waals surface area (Å²) in [6, 6.07) is 14.1. The fourth-order valence-corrected chi connectivity index (χ4v) is 3.09. The molecule has 4 rings (SSSR count). The van der Waals surface area contributed by atoms with Gasteiger partial charge in [0.05, 0.1) is 11.1 Å². The van der Waals surface area contributed by atoms with Crippen LogP contribution in [0.5, 0.6) is 0 Å². The van der Waals surface area contributed by atoms with Crippen molar-refractivity contribution in [3.05, 3.63) is 52.8 Å². The van der Waals surface area contributed by atoms with E-state index in [1.165, 1.54) is 0 Å². The van der Waals surface area contributed by atoms with Gasteiger partial charge in [-0.25, -0.2) is 0 Å². The summed E-state index contributed by atoms with van der Waals surface area (Å²) in [6.07, 6.45) is 0. The van der Waals surface area contributed by atoms with Crippen LogP contribution in [0.15, 0.2) is 42.5 Å². The van der Waals surface area contributed by atoms with Crippen LogP contribution in [0.3, 0.4) is 0 Å². The van der Waals surface area contributed by atoms with Crippen molar-refractivity contribution in [2.24, 2.45) is 0 Å². The molecule has 0 unspecified atom stereocenters. The second kappa shape index (κ2) is 4.69. The standard InChI is InChI=1S/C15H8Cl2N4/c16-14-12(15(17)20-21-19-14)10-6-3-5-9-8-4-1-2-7-11(8)18-13(9)10/h1-7,18H. The Labute approximate surface area is 129 Å².